The van der Waals surface area contributed by atoms with Gasteiger partial charge in [0.05, 0.1) is 12.2 Å². The fourth-order valence-electron chi connectivity index (χ4n) is 3.23. The lowest BCUT2D eigenvalue weighted by Crippen LogP contribution is -2.11. The maximum Gasteiger partial charge on any atom is 0.346 e. The topological polar surface area (TPSA) is 61.3 Å². The van der Waals surface area contributed by atoms with Gasteiger partial charge in [-0.1, -0.05) is 39.5 Å². The van der Waals surface area contributed by atoms with E-state index in [1.807, 2.05) is 12.4 Å². The van der Waals surface area contributed by atoms with E-state index in [4.69, 9.17) is 9.47 Å². The molecule has 1 heterocycles. The fraction of sp³-hybridized carbons (Fsp3) is 0.346. The van der Waals surface area contributed by atoms with Gasteiger partial charge in [-0.25, -0.2) is 19.2 Å². The number of aryl methyl sites for hydroxylation is 1. The second-order valence-electron chi connectivity index (χ2n) is 7.63. The van der Waals surface area contributed by atoms with Crippen molar-refractivity contribution in [3.63, 3.8) is 0 Å². The number of aromatic nitrogens is 2. The van der Waals surface area contributed by atoms with Gasteiger partial charge in [0.1, 0.15) is 17.3 Å². The van der Waals surface area contributed by atoms with Gasteiger partial charge in [-0.2, -0.15) is 0 Å². The van der Waals surface area contributed by atoms with Crippen LogP contribution in [-0.2, 0) is 6.42 Å². The summed E-state index contributed by atoms with van der Waals surface area (Å²) in [5, 5.41) is 0. The number of esters is 1. The molecular weight excluding hydrogens is 407 g/mol. The molecule has 0 spiro atoms. The number of ether oxygens (including phenoxy) is 2. The molecule has 0 bridgehead atoms. The van der Waals surface area contributed by atoms with Crippen molar-refractivity contribution < 1.29 is 18.7 Å². The van der Waals surface area contributed by atoms with E-state index in [1.54, 1.807) is 30.3 Å². The molecule has 0 aliphatic rings. The minimum atomic E-state index is -0.759. The number of benzene rings is 2. The predicted octanol–water partition coefficient (Wildman–Crippen LogP) is 6.41. The highest BCUT2D eigenvalue weighted by molar-refractivity contribution is 5.91. The van der Waals surface area contributed by atoms with Gasteiger partial charge >= 0.3 is 5.97 Å². The average Bonchev–Trinajstić information content (AvgIpc) is 2.80. The van der Waals surface area contributed by atoms with E-state index in [0.717, 1.165) is 49.7 Å². The van der Waals surface area contributed by atoms with E-state index in [1.165, 1.54) is 12.1 Å². The van der Waals surface area contributed by atoms with E-state index >= 15 is 0 Å². The number of nitrogens with zero attached hydrogens (tertiary/aromatic N) is 2. The lowest BCUT2D eigenvalue weighted by atomic mass is 10.1. The van der Waals surface area contributed by atoms with Crippen LogP contribution in [0.1, 0.15) is 61.9 Å². The van der Waals surface area contributed by atoms with Crippen LogP contribution in [0.3, 0.4) is 0 Å². The first-order valence-corrected chi connectivity index (χ1v) is 11.2. The van der Waals surface area contributed by atoms with E-state index in [0.29, 0.717) is 23.9 Å². The van der Waals surface area contributed by atoms with Crippen LogP contribution in [0, 0.1) is 5.82 Å². The van der Waals surface area contributed by atoms with Crippen molar-refractivity contribution in [1.29, 1.82) is 0 Å². The summed E-state index contributed by atoms with van der Waals surface area (Å²) in [6.45, 7) is 4.78. The molecule has 0 aliphatic heterocycles. The zero-order valence-electron chi connectivity index (χ0n) is 18.6. The Kier molecular flexibility index (Phi) is 8.72. The molecule has 0 fully saturated rings. The number of carbonyl (C=O) groups is 1. The molecule has 0 radical (unpaired) electrons. The van der Waals surface area contributed by atoms with Crippen LogP contribution in [0.5, 0.6) is 11.5 Å². The van der Waals surface area contributed by atoms with Gasteiger partial charge in [0.15, 0.2) is 5.82 Å². The molecule has 168 valence electrons. The monoisotopic (exact) mass is 436 g/mol. The lowest BCUT2D eigenvalue weighted by Gasteiger charge is -2.09. The normalized spacial score (nSPS) is 10.7. The average molecular weight is 437 g/mol. The third kappa shape index (κ3) is 6.61. The van der Waals surface area contributed by atoms with Gasteiger partial charge in [0.25, 0.3) is 0 Å². The van der Waals surface area contributed by atoms with Crippen molar-refractivity contribution in [3.05, 3.63) is 71.8 Å². The molecule has 0 unspecified atom stereocenters. The number of unbranched alkanes of at least 4 members (excludes halogenated alkanes) is 3. The highest BCUT2D eigenvalue weighted by atomic mass is 19.1. The minimum absolute atomic E-state index is 0.137. The minimum Gasteiger partial charge on any atom is -0.493 e. The van der Waals surface area contributed by atoms with Crippen LogP contribution >= 0.6 is 0 Å². The molecule has 0 saturated carbocycles. The largest absolute Gasteiger partial charge is 0.493 e. The van der Waals surface area contributed by atoms with E-state index in [-0.39, 0.29) is 5.56 Å². The van der Waals surface area contributed by atoms with Crippen molar-refractivity contribution in [1.82, 2.24) is 9.97 Å². The van der Waals surface area contributed by atoms with E-state index < -0.39 is 11.8 Å². The molecule has 2 aromatic carbocycles. The zero-order chi connectivity index (χ0) is 22.8. The fourth-order valence-corrected chi connectivity index (χ4v) is 3.23. The van der Waals surface area contributed by atoms with Crippen LogP contribution in [-0.4, -0.2) is 22.5 Å². The van der Waals surface area contributed by atoms with Gasteiger partial charge < -0.3 is 9.47 Å². The summed E-state index contributed by atoms with van der Waals surface area (Å²) in [7, 11) is 0. The van der Waals surface area contributed by atoms with Crippen molar-refractivity contribution in [2.24, 2.45) is 0 Å². The Balaban J connectivity index is 1.58. The van der Waals surface area contributed by atoms with Crippen LogP contribution in [0.25, 0.3) is 11.4 Å². The Hall–Kier alpha value is -3.28. The number of hydrogen-bond acceptors (Lipinski definition) is 5. The van der Waals surface area contributed by atoms with Gasteiger partial charge in [-0.15, -0.1) is 0 Å². The maximum atomic E-state index is 14.4. The summed E-state index contributed by atoms with van der Waals surface area (Å²) in [5.74, 6) is -0.107. The highest BCUT2D eigenvalue weighted by Crippen LogP contribution is 2.22. The first-order chi connectivity index (χ1) is 15.6. The quantitative estimate of drug-likeness (QED) is 0.197. The van der Waals surface area contributed by atoms with Gasteiger partial charge in [-0.3, -0.25) is 0 Å². The van der Waals surface area contributed by atoms with Crippen LogP contribution in [0.15, 0.2) is 54.9 Å². The molecule has 6 heteroatoms. The number of carbonyl (C=O) groups excluding carboxylic acids is 1. The molecule has 3 rings (SSSR count). The molecule has 3 aromatic rings. The third-order valence-electron chi connectivity index (χ3n) is 4.99. The molecule has 0 saturated heterocycles. The summed E-state index contributed by atoms with van der Waals surface area (Å²) in [5.41, 5.74) is 1.76. The maximum absolute atomic E-state index is 14.4. The first-order valence-electron chi connectivity index (χ1n) is 11.2. The molecular formula is C26H29FN2O3. The number of halogens is 1. The Morgan fingerprint density at radius 2 is 1.62 bits per heavy atom. The van der Waals surface area contributed by atoms with Crippen molar-refractivity contribution in [2.45, 2.75) is 52.4 Å². The lowest BCUT2D eigenvalue weighted by molar-refractivity contribution is 0.0730. The van der Waals surface area contributed by atoms with E-state index in [2.05, 4.69) is 23.8 Å². The molecule has 0 N–H and O–H groups in total. The summed E-state index contributed by atoms with van der Waals surface area (Å²) in [4.78, 5) is 21.2. The second kappa shape index (κ2) is 11.9. The SMILES string of the molecule is CCCCCCOc1ccc(C(=O)Oc2ccc(-c3ncc(CCC)cn3)cc2)c(F)c1. The predicted molar refractivity (Wildman–Crippen MR) is 122 cm³/mol. The van der Waals surface area contributed by atoms with Crippen LogP contribution in [0.4, 0.5) is 4.39 Å². The Labute approximate surface area is 188 Å². The zero-order valence-corrected chi connectivity index (χ0v) is 18.6. The van der Waals surface area contributed by atoms with Crippen LogP contribution in [0.2, 0.25) is 0 Å². The Morgan fingerprint density at radius 3 is 2.28 bits per heavy atom. The molecule has 32 heavy (non-hydrogen) atoms. The number of hydrogen-bond donors (Lipinski definition) is 0. The van der Waals surface area contributed by atoms with Gasteiger partial charge in [0, 0.05) is 24.0 Å². The third-order valence-corrected chi connectivity index (χ3v) is 4.99. The van der Waals surface area contributed by atoms with E-state index in [9.17, 15) is 9.18 Å². The first kappa shape index (κ1) is 23.4. The molecule has 0 atom stereocenters. The highest BCUT2D eigenvalue weighted by Gasteiger charge is 2.15. The Bertz CT molecular complexity index is 1000. The standard InChI is InChI=1S/C26H29FN2O3/c1-3-5-6-7-15-31-22-13-14-23(24(27)16-22)26(30)32-21-11-9-20(10-12-21)25-28-17-19(8-4-2)18-29-25/h9-14,16-18H,3-8,15H2,1-2H3. The molecule has 5 nitrogen and oxygen atoms in total. The summed E-state index contributed by atoms with van der Waals surface area (Å²) >= 11 is 0. The summed E-state index contributed by atoms with van der Waals surface area (Å²) in [6.07, 6.45) is 9.93. The van der Waals surface area contributed by atoms with Crippen molar-refractivity contribution in [2.75, 3.05) is 6.61 Å². The molecule has 0 aliphatic carbocycles. The number of rotatable bonds is 11. The molecule has 0 amide bonds. The van der Waals surface area contributed by atoms with Crippen LogP contribution < -0.4 is 9.47 Å². The smallest absolute Gasteiger partial charge is 0.346 e. The van der Waals surface area contributed by atoms with Crippen molar-refractivity contribution in [3.8, 4) is 22.9 Å². The van der Waals surface area contributed by atoms with Gasteiger partial charge in [-0.05, 0) is 54.8 Å². The molecule has 1 aromatic heterocycles. The Morgan fingerprint density at radius 1 is 0.906 bits per heavy atom. The summed E-state index contributed by atoms with van der Waals surface area (Å²) < 4.78 is 25.3. The second-order valence-corrected chi connectivity index (χ2v) is 7.63. The van der Waals surface area contributed by atoms with Crippen molar-refractivity contribution >= 4 is 5.97 Å². The summed E-state index contributed by atoms with van der Waals surface area (Å²) in [6, 6.07) is 11.0. The van der Waals surface area contributed by atoms with Gasteiger partial charge in [0.2, 0.25) is 0 Å².